The Hall–Kier alpha value is -1.97. The van der Waals surface area contributed by atoms with Crippen molar-refractivity contribution < 1.29 is 14.3 Å². The first-order valence-corrected chi connectivity index (χ1v) is 6.36. The maximum Gasteiger partial charge on any atom is 0.250 e. The fourth-order valence-electron chi connectivity index (χ4n) is 1.64. The zero-order chi connectivity index (χ0) is 14.4. The molecule has 0 heterocycles. The van der Waals surface area contributed by atoms with Crippen LogP contribution in [0.2, 0.25) is 0 Å². The topological polar surface area (TPSA) is 47.6 Å². The molecule has 0 unspecified atom stereocenters. The molecule has 4 nitrogen and oxygen atoms in total. The Morgan fingerprint density at radius 3 is 2.42 bits per heavy atom. The first kappa shape index (κ1) is 15.1. The molecule has 0 aliphatic rings. The fourth-order valence-corrected chi connectivity index (χ4v) is 1.64. The van der Waals surface area contributed by atoms with Crippen molar-refractivity contribution in [3.05, 3.63) is 29.8 Å². The lowest BCUT2D eigenvalue weighted by molar-refractivity contribution is -0.112. The van der Waals surface area contributed by atoms with Crippen LogP contribution in [0, 0.1) is 6.92 Å². The predicted octanol–water partition coefficient (Wildman–Crippen LogP) is 3.31. The highest BCUT2D eigenvalue weighted by atomic mass is 16.5. The largest absolute Gasteiger partial charge is 0.490 e. The molecule has 0 atom stereocenters. The lowest BCUT2D eigenvalue weighted by Crippen LogP contribution is -2.12. The van der Waals surface area contributed by atoms with Gasteiger partial charge in [0.1, 0.15) is 0 Å². The van der Waals surface area contributed by atoms with E-state index in [9.17, 15) is 4.79 Å². The number of hydrogen-bond acceptors (Lipinski definition) is 3. The van der Waals surface area contributed by atoms with Crippen molar-refractivity contribution in [2.45, 2.75) is 27.7 Å². The van der Waals surface area contributed by atoms with Gasteiger partial charge in [-0.1, -0.05) is 6.58 Å². The van der Waals surface area contributed by atoms with Gasteiger partial charge in [-0.05, 0) is 39.3 Å². The van der Waals surface area contributed by atoms with Crippen LogP contribution in [0.3, 0.4) is 0 Å². The van der Waals surface area contributed by atoms with Crippen molar-refractivity contribution in [2.24, 2.45) is 0 Å². The van der Waals surface area contributed by atoms with Crippen molar-refractivity contribution in [2.75, 3.05) is 18.5 Å². The summed E-state index contributed by atoms with van der Waals surface area (Å²) in [4.78, 5) is 11.6. The van der Waals surface area contributed by atoms with Crippen molar-refractivity contribution in [3.8, 4) is 11.5 Å². The first-order valence-electron chi connectivity index (χ1n) is 6.36. The molecule has 4 heteroatoms. The number of amides is 1. The van der Waals surface area contributed by atoms with Crippen LogP contribution in [0.25, 0.3) is 0 Å². The van der Waals surface area contributed by atoms with Crippen LogP contribution < -0.4 is 14.8 Å². The minimum atomic E-state index is -0.203. The Balaban J connectivity index is 3.08. The van der Waals surface area contributed by atoms with E-state index >= 15 is 0 Å². The summed E-state index contributed by atoms with van der Waals surface area (Å²) in [5, 5.41) is 2.78. The number of carbonyl (C=O) groups excluding carboxylic acids is 1. The van der Waals surface area contributed by atoms with E-state index in [4.69, 9.17) is 9.47 Å². The van der Waals surface area contributed by atoms with Crippen LogP contribution in [-0.4, -0.2) is 19.1 Å². The molecule has 0 aliphatic heterocycles. The van der Waals surface area contributed by atoms with Crippen molar-refractivity contribution in [1.82, 2.24) is 0 Å². The Kier molecular flexibility index (Phi) is 5.42. The highest BCUT2D eigenvalue weighted by Gasteiger charge is 2.12. The highest BCUT2D eigenvalue weighted by Crippen LogP contribution is 2.34. The van der Waals surface area contributed by atoms with Crippen LogP contribution in [0.1, 0.15) is 26.3 Å². The molecule has 0 aromatic heterocycles. The minimum absolute atomic E-state index is 0.203. The molecule has 0 saturated heterocycles. The molecule has 0 spiro atoms. The number of hydrogen-bond donors (Lipinski definition) is 1. The molecule has 0 radical (unpaired) electrons. The molecule has 0 fully saturated rings. The average Bonchev–Trinajstić information content (AvgIpc) is 2.33. The van der Waals surface area contributed by atoms with E-state index in [0.717, 1.165) is 11.3 Å². The van der Waals surface area contributed by atoms with E-state index in [0.29, 0.717) is 30.2 Å². The molecule has 1 amide bonds. The molecule has 0 aliphatic carbocycles. The van der Waals surface area contributed by atoms with Gasteiger partial charge in [0.15, 0.2) is 11.5 Å². The zero-order valence-corrected chi connectivity index (χ0v) is 12.0. The Morgan fingerprint density at radius 1 is 1.26 bits per heavy atom. The standard InChI is InChI=1S/C15H21NO3/c1-6-18-13-9-12(16-15(17)10(3)4)8-11(5)14(13)19-7-2/h8-9H,3,6-7H2,1-2,4-5H3,(H,16,17). The van der Waals surface area contributed by atoms with Crippen molar-refractivity contribution in [3.63, 3.8) is 0 Å². The van der Waals surface area contributed by atoms with Gasteiger partial charge in [-0.25, -0.2) is 0 Å². The number of benzene rings is 1. The van der Waals surface area contributed by atoms with Crippen LogP contribution in [0.15, 0.2) is 24.3 Å². The van der Waals surface area contributed by atoms with E-state index in [1.165, 1.54) is 0 Å². The molecule has 1 aromatic rings. The first-order chi connectivity index (χ1) is 8.99. The number of nitrogens with one attached hydrogen (secondary N) is 1. The van der Waals surface area contributed by atoms with E-state index in [1.807, 2.05) is 26.8 Å². The Morgan fingerprint density at radius 2 is 1.89 bits per heavy atom. The molecule has 1 rings (SSSR count). The molecule has 1 aromatic carbocycles. The van der Waals surface area contributed by atoms with E-state index < -0.39 is 0 Å². The molecule has 19 heavy (non-hydrogen) atoms. The summed E-state index contributed by atoms with van der Waals surface area (Å²) in [5.74, 6) is 1.16. The van der Waals surface area contributed by atoms with Gasteiger partial charge in [0.25, 0.3) is 5.91 Å². The molecule has 0 bridgehead atoms. The van der Waals surface area contributed by atoms with E-state index in [2.05, 4.69) is 11.9 Å². The quantitative estimate of drug-likeness (QED) is 0.801. The molecule has 1 N–H and O–H groups in total. The Bertz CT molecular complexity index is 481. The number of aryl methyl sites for hydroxylation is 1. The SMILES string of the molecule is C=C(C)C(=O)Nc1cc(C)c(OCC)c(OCC)c1. The monoisotopic (exact) mass is 263 g/mol. The minimum Gasteiger partial charge on any atom is -0.490 e. The van der Waals surface area contributed by atoms with Gasteiger partial charge in [0.05, 0.1) is 13.2 Å². The third-order valence-electron chi connectivity index (χ3n) is 2.47. The predicted molar refractivity (Wildman–Crippen MR) is 77.0 cm³/mol. The van der Waals surface area contributed by atoms with Gasteiger partial charge < -0.3 is 14.8 Å². The zero-order valence-electron chi connectivity index (χ0n) is 12.0. The van der Waals surface area contributed by atoms with Crippen LogP contribution in [-0.2, 0) is 4.79 Å². The van der Waals surface area contributed by atoms with Gasteiger partial charge >= 0.3 is 0 Å². The third-order valence-corrected chi connectivity index (χ3v) is 2.47. The van der Waals surface area contributed by atoms with Crippen LogP contribution in [0.5, 0.6) is 11.5 Å². The lowest BCUT2D eigenvalue weighted by atomic mass is 10.1. The van der Waals surface area contributed by atoms with Crippen LogP contribution >= 0.6 is 0 Å². The second-order valence-corrected chi connectivity index (χ2v) is 4.22. The second kappa shape index (κ2) is 6.83. The molecular formula is C15H21NO3. The molecule has 104 valence electrons. The maximum atomic E-state index is 11.6. The third kappa shape index (κ3) is 4.02. The van der Waals surface area contributed by atoms with Gasteiger partial charge in [-0.3, -0.25) is 4.79 Å². The van der Waals surface area contributed by atoms with Crippen molar-refractivity contribution in [1.29, 1.82) is 0 Å². The maximum absolute atomic E-state index is 11.6. The van der Waals surface area contributed by atoms with E-state index in [1.54, 1.807) is 13.0 Å². The van der Waals surface area contributed by atoms with Gasteiger partial charge in [-0.15, -0.1) is 0 Å². The summed E-state index contributed by atoms with van der Waals surface area (Å²) in [7, 11) is 0. The molecule has 0 saturated carbocycles. The smallest absolute Gasteiger partial charge is 0.250 e. The van der Waals surface area contributed by atoms with Crippen molar-refractivity contribution >= 4 is 11.6 Å². The number of rotatable bonds is 6. The number of anilines is 1. The fraction of sp³-hybridized carbons (Fsp3) is 0.400. The van der Waals surface area contributed by atoms with Gasteiger partial charge in [-0.2, -0.15) is 0 Å². The molecular weight excluding hydrogens is 242 g/mol. The summed E-state index contributed by atoms with van der Waals surface area (Å²) >= 11 is 0. The van der Waals surface area contributed by atoms with Crippen LogP contribution in [0.4, 0.5) is 5.69 Å². The summed E-state index contributed by atoms with van der Waals surface area (Å²) < 4.78 is 11.1. The summed E-state index contributed by atoms with van der Waals surface area (Å²) in [6, 6.07) is 3.62. The van der Waals surface area contributed by atoms with Gasteiger partial charge in [0.2, 0.25) is 0 Å². The normalized spacial score (nSPS) is 9.89. The summed E-state index contributed by atoms with van der Waals surface area (Å²) in [6.07, 6.45) is 0. The van der Waals surface area contributed by atoms with E-state index in [-0.39, 0.29) is 5.91 Å². The number of ether oxygens (including phenoxy) is 2. The summed E-state index contributed by atoms with van der Waals surface area (Å²) in [6.45, 7) is 12.1. The average molecular weight is 263 g/mol. The lowest BCUT2D eigenvalue weighted by Gasteiger charge is -2.15. The number of carbonyl (C=O) groups is 1. The Labute approximate surface area is 114 Å². The summed E-state index contributed by atoms with van der Waals surface area (Å²) in [5.41, 5.74) is 2.06. The second-order valence-electron chi connectivity index (χ2n) is 4.22. The highest BCUT2D eigenvalue weighted by molar-refractivity contribution is 6.03. The van der Waals surface area contributed by atoms with Gasteiger partial charge in [0, 0.05) is 17.3 Å².